The largest absolute Gasteiger partial charge is 0.452 e. The van der Waals surface area contributed by atoms with E-state index in [0.29, 0.717) is 4.88 Å². The molecule has 6 heteroatoms. The lowest BCUT2D eigenvalue weighted by Crippen LogP contribution is -2.33. The molecule has 0 radical (unpaired) electrons. The van der Waals surface area contributed by atoms with Gasteiger partial charge < -0.3 is 4.74 Å². The first-order chi connectivity index (χ1) is 8.49. The normalized spacial score (nSPS) is 9.44. The summed E-state index contributed by atoms with van der Waals surface area (Å²) in [6.07, 6.45) is 1.27. The van der Waals surface area contributed by atoms with Gasteiger partial charge in [0.05, 0.1) is 4.88 Å². The number of carbonyl (C=O) groups is 3. The Labute approximate surface area is 108 Å². The van der Waals surface area contributed by atoms with Gasteiger partial charge in [-0.05, 0) is 25.3 Å². The minimum absolute atomic E-state index is 0.430. The second kappa shape index (κ2) is 6.70. The molecule has 0 aliphatic rings. The number of amides is 2. The predicted octanol–water partition coefficient (Wildman–Crippen LogP) is 1.51. The van der Waals surface area contributed by atoms with Crippen LogP contribution in [0.5, 0.6) is 0 Å². The minimum Gasteiger partial charge on any atom is -0.452 e. The van der Waals surface area contributed by atoms with Crippen molar-refractivity contribution in [2.24, 2.45) is 0 Å². The van der Waals surface area contributed by atoms with E-state index >= 15 is 0 Å². The molecule has 18 heavy (non-hydrogen) atoms. The Morgan fingerprint density at radius 1 is 1.39 bits per heavy atom. The van der Waals surface area contributed by atoms with Gasteiger partial charge in [0.2, 0.25) is 0 Å². The fraction of sp³-hybridized carbons (Fsp3) is 0.250. The van der Waals surface area contributed by atoms with E-state index in [0.717, 1.165) is 5.57 Å². The van der Waals surface area contributed by atoms with Crippen molar-refractivity contribution in [2.45, 2.75) is 13.8 Å². The zero-order valence-electron chi connectivity index (χ0n) is 10.1. The number of imide groups is 1. The highest BCUT2D eigenvalue weighted by atomic mass is 32.1. The Balaban J connectivity index is 2.37. The number of ether oxygens (including phenoxy) is 1. The molecule has 0 bridgehead atoms. The van der Waals surface area contributed by atoms with Crippen molar-refractivity contribution in [1.82, 2.24) is 5.32 Å². The number of allylic oxidation sites excluding steroid dienone is 1. The third-order valence-corrected chi connectivity index (χ3v) is 2.62. The molecule has 0 spiro atoms. The third-order valence-electron chi connectivity index (χ3n) is 1.75. The molecule has 0 fully saturated rings. The Hall–Kier alpha value is -1.95. The summed E-state index contributed by atoms with van der Waals surface area (Å²) in [6, 6.07) is 3.31. The van der Waals surface area contributed by atoms with Crippen LogP contribution in [-0.4, -0.2) is 24.4 Å². The van der Waals surface area contributed by atoms with E-state index in [1.165, 1.54) is 17.4 Å². The summed E-state index contributed by atoms with van der Waals surface area (Å²) in [5.74, 6) is -1.74. The third kappa shape index (κ3) is 4.92. The summed E-state index contributed by atoms with van der Waals surface area (Å²) in [7, 11) is 0. The number of thiophene rings is 1. The van der Waals surface area contributed by atoms with Crippen LogP contribution in [0.3, 0.4) is 0 Å². The molecule has 1 N–H and O–H groups in total. The first-order valence-electron chi connectivity index (χ1n) is 5.18. The average molecular weight is 267 g/mol. The molecule has 1 heterocycles. The topological polar surface area (TPSA) is 72.5 Å². The number of hydrogen-bond acceptors (Lipinski definition) is 5. The highest BCUT2D eigenvalue weighted by Gasteiger charge is 2.12. The van der Waals surface area contributed by atoms with Crippen LogP contribution in [0.1, 0.15) is 23.5 Å². The number of rotatable bonds is 4. The first kappa shape index (κ1) is 14.1. The van der Waals surface area contributed by atoms with Crippen molar-refractivity contribution < 1.29 is 19.1 Å². The van der Waals surface area contributed by atoms with Gasteiger partial charge in [0.1, 0.15) is 0 Å². The highest BCUT2D eigenvalue weighted by molar-refractivity contribution is 7.12. The summed E-state index contributed by atoms with van der Waals surface area (Å²) >= 11 is 1.22. The van der Waals surface area contributed by atoms with E-state index in [1.54, 1.807) is 31.4 Å². The molecule has 2 amide bonds. The van der Waals surface area contributed by atoms with Crippen molar-refractivity contribution in [1.29, 1.82) is 0 Å². The van der Waals surface area contributed by atoms with E-state index in [4.69, 9.17) is 0 Å². The van der Waals surface area contributed by atoms with Crippen LogP contribution >= 0.6 is 11.3 Å². The molecule has 96 valence electrons. The zero-order chi connectivity index (χ0) is 13.5. The molecule has 0 aliphatic carbocycles. The Kier molecular flexibility index (Phi) is 5.26. The van der Waals surface area contributed by atoms with Gasteiger partial charge in [-0.15, -0.1) is 11.3 Å². The standard InChI is InChI=1S/C12H13NO4S/c1-8(2)6-11(15)17-7-10(14)13-12(16)9-4-3-5-18-9/h3-6H,7H2,1-2H3,(H,13,14,16). The Morgan fingerprint density at radius 3 is 2.67 bits per heavy atom. The van der Waals surface area contributed by atoms with Gasteiger partial charge in [0, 0.05) is 6.08 Å². The molecule has 5 nitrogen and oxygen atoms in total. The monoisotopic (exact) mass is 267 g/mol. The maximum atomic E-state index is 11.5. The lowest BCUT2D eigenvalue weighted by atomic mass is 10.3. The summed E-state index contributed by atoms with van der Waals surface area (Å²) < 4.78 is 4.66. The Bertz CT molecular complexity index is 472. The maximum Gasteiger partial charge on any atom is 0.331 e. The van der Waals surface area contributed by atoms with E-state index < -0.39 is 24.4 Å². The SMILES string of the molecule is CC(C)=CC(=O)OCC(=O)NC(=O)c1cccs1. The molecule has 1 aromatic heterocycles. The summed E-state index contributed by atoms with van der Waals surface area (Å²) in [5.41, 5.74) is 0.773. The van der Waals surface area contributed by atoms with Gasteiger partial charge in [0.15, 0.2) is 6.61 Å². The van der Waals surface area contributed by atoms with Gasteiger partial charge in [-0.3, -0.25) is 14.9 Å². The molecule has 0 saturated heterocycles. The minimum atomic E-state index is -0.649. The highest BCUT2D eigenvalue weighted by Crippen LogP contribution is 2.07. The van der Waals surface area contributed by atoms with Crippen LogP contribution < -0.4 is 5.32 Å². The van der Waals surface area contributed by atoms with Crippen molar-refractivity contribution in [3.8, 4) is 0 Å². The van der Waals surface area contributed by atoms with Gasteiger partial charge in [0.25, 0.3) is 11.8 Å². The molecule has 0 aromatic carbocycles. The first-order valence-corrected chi connectivity index (χ1v) is 6.06. The van der Waals surface area contributed by atoms with E-state index in [9.17, 15) is 14.4 Å². The fourth-order valence-electron chi connectivity index (χ4n) is 1.05. The lowest BCUT2D eigenvalue weighted by molar-refractivity contribution is -0.143. The predicted molar refractivity (Wildman–Crippen MR) is 67.2 cm³/mol. The molecule has 0 saturated carbocycles. The van der Waals surface area contributed by atoms with Crippen molar-refractivity contribution in [3.63, 3.8) is 0 Å². The molecular formula is C12H13NO4S. The number of hydrogen-bond donors (Lipinski definition) is 1. The van der Waals surface area contributed by atoms with Crippen LogP contribution in [0.15, 0.2) is 29.2 Å². The van der Waals surface area contributed by atoms with E-state index in [-0.39, 0.29) is 0 Å². The quantitative estimate of drug-likeness (QED) is 0.663. The van der Waals surface area contributed by atoms with Gasteiger partial charge in [-0.25, -0.2) is 4.79 Å². The average Bonchev–Trinajstić information content (AvgIpc) is 2.78. The van der Waals surface area contributed by atoms with Crippen LogP contribution in [0.4, 0.5) is 0 Å². The van der Waals surface area contributed by atoms with Crippen molar-refractivity contribution in [3.05, 3.63) is 34.0 Å². The van der Waals surface area contributed by atoms with Crippen LogP contribution in [0.2, 0.25) is 0 Å². The lowest BCUT2D eigenvalue weighted by Gasteiger charge is -2.03. The Morgan fingerprint density at radius 2 is 2.11 bits per heavy atom. The summed E-state index contributed by atoms with van der Waals surface area (Å²) in [4.78, 5) is 34.3. The zero-order valence-corrected chi connectivity index (χ0v) is 10.9. The molecule has 0 atom stereocenters. The number of nitrogens with one attached hydrogen (secondary N) is 1. The fourth-order valence-corrected chi connectivity index (χ4v) is 1.67. The van der Waals surface area contributed by atoms with Gasteiger partial charge >= 0.3 is 5.97 Å². The van der Waals surface area contributed by atoms with Crippen LogP contribution in [0.25, 0.3) is 0 Å². The van der Waals surface area contributed by atoms with E-state index in [1.807, 2.05) is 0 Å². The second-order valence-corrected chi connectivity index (χ2v) is 4.63. The van der Waals surface area contributed by atoms with E-state index in [2.05, 4.69) is 10.1 Å². The van der Waals surface area contributed by atoms with Crippen molar-refractivity contribution in [2.75, 3.05) is 6.61 Å². The molecule has 1 aromatic rings. The van der Waals surface area contributed by atoms with Crippen LogP contribution in [-0.2, 0) is 14.3 Å². The van der Waals surface area contributed by atoms with Gasteiger partial charge in [-0.2, -0.15) is 0 Å². The molecule has 0 aliphatic heterocycles. The molecule has 0 unspecified atom stereocenters. The number of carbonyl (C=O) groups excluding carboxylic acids is 3. The smallest absolute Gasteiger partial charge is 0.331 e. The second-order valence-electron chi connectivity index (χ2n) is 3.68. The number of esters is 1. The maximum absolute atomic E-state index is 11.5. The van der Waals surface area contributed by atoms with Gasteiger partial charge in [-0.1, -0.05) is 11.6 Å². The summed E-state index contributed by atoms with van der Waals surface area (Å²) in [6.45, 7) is 3.00. The molecule has 1 rings (SSSR count). The van der Waals surface area contributed by atoms with Crippen LogP contribution in [0, 0.1) is 0 Å². The molecular weight excluding hydrogens is 254 g/mol. The summed E-state index contributed by atoms with van der Waals surface area (Å²) in [5, 5.41) is 3.86. The van der Waals surface area contributed by atoms with Crippen molar-refractivity contribution >= 4 is 29.1 Å².